The molecule has 1 saturated heterocycles. The lowest BCUT2D eigenvalue weighted by atomic mass is 10.2. The van der Waals surface area contributed by atoms with E-state index in [9.17, 15) is 0 Å². The van der Waals surface area contributed by atoms with E-state index < -0.39 is 0 Å². The third-order valence-electron chi connectivity index (χ3n) is 1.49. The maximum atomic E-state index is 4.27. The molecule has 0 aromatic heterocycles. The van der Waals surface area contributed by atoms with Gasteiger partial charge in [-0.05, 0) is 24.3 Å². The van der Waals surface area contributed by atoms with E-state index in [1.807, 2.05) is 11.8 Å². The van der Waals surface area contributed by atoms with Crippen molar-refractivity contribution < 1.29 is 0 Å². The first-order chi connectivity index (χ1) is 3.93. The van der Waals surface area contributed by atoms with Crippen LogP contribution in [0.2, 0.25) is 0 Å². The molecule has 1 atom stereocenters. The SMILES string of the molecule is CSCC1CC[N]C1. The summed E-state index contributed by atoms with van der Waals surface area (Å²) in [4.78, 5) is 0. The molecule has 0 N–H and O–H groups in total. The highest BCUT2D eigenvalue weighted by Crippen LogP contribution is 2.12. The molecule has 0 saturated carbocycles. The molecule has 1 aliphatic heterocycles. The first kappa shape index (κ1) is 6.43. The van der Waals surface area contributed by atoms with Crippen LogP contribution in [-0.4, -0.2) is 25.1 Å². The zero-order chi connectivity index (χ0) is 5.82. The fourth-order valence-corrected chi connectivity index (χ4v) is 1.75. The van der Waals surface area contributed by atoms with Crippen molar-refractivity contribution in [3.05, 3.63) is 0 Å². The van der Waals surface area contributed by atoms with E-state index in [-0.39, 0.29) is 0 Å². The van der Waals surface area contributed by atoms with Gasteiger partial charge in [0.1, 0.15) is 0 Å². The quantitative estimate of drug-likeness (QED) is 0.543. The molecule has 1 rings (SSSR count). The van der Waals surface area contributed by atoms with Crippen molar-refractivity contribution in [1.82, 2.24) is 5.32 Å². The molecule has 1 radical (unpaired) electrons. The molecule has 47 valence electrons. The van der Waals surface area contributed by atoms with Crippen molar-refractivity contribution in [3.63, 3.8) is 0 Å². The van der Waals surface area contributed by atoms with Crippen molar-refractivity contribution in [2.24, 2.45) is 5.92 Å². The molecular formula is C6H12NS. The minimum absolute atomic E-state index is 0.907. The normalized spacial score (nSPS) is 28.9. The minimum Gasteiger partial charge on any atom is -0.241 e. The summed E-state index contributed by atoms with van der Waals surface area (Å²) >= 11 is 1.94. The Morgan fingerprint density at radius 3 is 3.12 bits per heavy atom. The number of thioether (sulfide) groups is 1. The summed E-state index contributed by atoms with van der Waals surface area (Å²) in [6.07, 6.45) is 3.50. The van der Waals surface area contributed by atoms with E-state index in [0.29, 0.717) is 0 Å². The number of hydrogen-bond acceptors (Lipinski definition) is 1. The Bertz CT molecular complexity index is 59.5. The Labute approximate surface area is 55.2 Å². The number of hydrogen-bond donors (Lipinski definition) is 0. The lowest BCUT2D eigenvalue weighted by Gasteiger charge is -2.01. The molecule has 2 heteroatoms. The predicted molar refractivity (Wildman–Crippen MR) is 38.4 cm³/mol. The zero-order valence-corrected chi connectivity index (χ0v) is 6.08. The lowest BCUT2D eigenvalue weighted by Crippen LogP contribution is -2.04. The molecular weight excluding hydrogens is 118 g/mol. The molecule has 1 unspecified atom stereocenters. The second-order valence-electron chi connectivity index (χ2n) is 2.24. The summed E-state index contributed by atoms with van der Waals surface area (Å²) in [5.41, 5.74) is 0. The summed E-state index contributed by atoms with van der Waals surface area (Å²) in [6.45, 7) is 2.24. The second kappa shape index (κ2) is 3.36. The highest BCUT2D eigenvalue weighted by molar-refractivity contribution is 7.98. The van der Waals surface area contributed by atoms with E-state index in [4.69, 9.17) is 0 Å². The predicted octanol–water partition coefficient (Wildman–Crippen LogP) is 0.974. The van der Waals surface area contributed by atoms with Gasteiger partial charge in [-0.1, -0.05) is 0 Å². The average molecular weight is 130 g/mol. The molecule has 8 heavy (non-hydrogen) atoms. The average Bonchev–Trinajstić information content (AvgIpc) is 2.19. The van der Waals surface area contributed by atoms with Gasteiger partial charge in [0.15, 0.2) is 0 Å². The van der Waals surface area contributed by atoms with Crippen molar-refractivity contribution in [1.29, 1.82) is 0 Å². The largest absolute Gasteiger partial charge is 0.241 e. The van der Waals surface area contributed by atoms with Gasteiger partial charge in [-0.2, -0.15) is 11.8 Å². The summed E-state index contributed by atoms with van der Waals surface area (Å²) in [7, 11) is 0. The highest BCUT2D eigenvalue weighted by atomic mass is 32.2. The third kappa shape index (κ3) is 1.67. The molecule has 0 aliphatic carbocycles. The Kier molecular flexibility index (Phi) is 2.70. The van der Waals surface area contributed by atoms with E-state index in [2.05, 4.69) is 11.6 Å². The van der Waals surface area contributed by atoms with Gasteiger partial charge in [0.25, 0.3) is 0 Å². The van der Waals surface area contributed by atoms with Crippen molar-refractivity contribution in [2.75, 3.05) is 25.1 Å². The summed E-state index contributed by atoms with van der Waals surface area (Å²) < 4.78 is 0. The van der Waals surface area contributed by atoms with Gasteiger partial charge in [-0.3, -0.25) is 0 Å². The molecule has 1 fully saturated rings. The summed E-state index contributed by atoms with van der Waals surface area (Å²) in [5, 5.41) is 4.27. The van der Waals surface area contributed by atoms with Gasteiger partial charge in [0.2, 0.25) is 0 Å². The molecule has 1 aliphatic rings. The maximum absolute atomic E-state index is 4.27. The Hall–Kier alpha value is 0.310. The molecule has 1 heterocycles. The fraction of sp³-hybridized carbons (Fsp3) is 1.00. The van der Waals surface area contributed by atoms with Crippen LogP contribution in [-0.2, 0) is 0 Å². The highest BCUT2D eigenvalue weighted by Gasteiger charge is 2.13. The second-order valence-corrected chi connectivity index (χ2v) is 3.15. The summed E-state index contributed by atoms with van der Waals surface area (Å²) in [5.74, 6) is 2.22. The number of nitrogens with zero attached hydrogens (tertiary/aromatic N) is 1. The first-order valence-corrected chi connectivity index (χ1v) is 4.45. The van der Waals surface area contributed by atoms with Crippen molar-refractivity contribution in [3.8, 4) is 0 Å². The Morgan fingerprint density at radius 2 is 2.62 bits per heavy atom. The van der Waals surface area contributed by atoms with Gasteiger partial charge < -0.3 is 0 Å². The fourth-order valence-electron chi connectivity index (χ4n) is 1.01. The van der Waals surface area contributed by atoms with Gasteiger partial charge in [0, 0.05) is 13.1 Å². The smallest absolute Gasteiger partial charge is 0.0170 e. The van der Waals surface area contributed by atoms with Gasteiger partial charge in [-0.15, -0.1) is 0 Å². The van der Waals surface area contributed by atoms with Gasteiger partial charge >= 0.3 is 0 Å². The van der Waals surface area contributed by atoms with Crippen LogP contribution in [0.5, 0.6) is 0 Å². The molecule has 1 nitrogen and oxygen atoms in total. The Morgan fingerprint density at radius 1 is 1.75 bits per heavy atom. The van der Waals surface area contributed by atoms with Crippen LogP contribution >= 0.6 is 11.8 Å². The van der Waals surface area contributed by atoms with Gasteiger partial charge in [0.05, 0.1) is 0 Å². The molecule has 0 amide bonds. The zero-order valence-electron chi connectivity index (χ0n) is 5.26. The van der Waals surface area contributed by atoms with Crippen LogP contribution in [0.1, 0.15) is 6.42 Å². The van der Waals surface area contributed by atoms with Crippen LogP contribution < -0.4 is 5.32 Å². The van der Waals surface area contributed by atoms with Crippen LogP contribution in [0.3, 0.4) is 0 Å². The van der Waals surface area contributed by atoms with E-state index in [1.165, 1.54) is 12.2 Å². The van der Waals surface area contributed by atoms with E-state index in [1.54, 1.807) is 0 Å². The van der Waals surface area contributed by atoms with Gasteiger partial charge in [-0.25, -0.2) is 5.32 Å². The molecule has 0 spiro atoms. The van der Waals surface area contributed by atoms with Crippen LogP contribution in [0, 0.1) is 5.92 Å². The van der Waals surface area contributed by atoms with E-state index in [0.717, 1.165) is 19.0 Å². The van der Waals surface area contributed by atoms with Crippen molar-refractivity contribution >= 4 is 11.8 Å². The van der Waals surface area contributed by atoms with Crippen LogP contribution in [0.4, 0.5) is 0 Å². The first-order valence-electron chi connectivity index (χ1n) is 3.05. The van der Waals surface area contributed by atoms with Crippen LogP contribution in [0.25, 0.3) is 0 Å². The standard InChI is InChI=1S/C6H12NS/c1-8-5-6-2-3-7-4-6/h6H,2-5H2,1H3. The Balaban J connectivity index is 2.06. The minimum atomic E-state index is 0.907. The topological polar surface area (TPSA) is 14.1 Å². The molecule has 0 aromatic rings. The van der Waals surface area contributed by atoms with Crippen LogP contribution in [0.15, 0.2) is 0 Å². The third-order valence-corrected chi connectivity index (χ3v) is 2.29. The number of rotatable bonds is 2. The maximum Gasteiger partial charge on any atom is 0.0170 e. The lowest BCUT2D eigenvalue weighted by molar-refractivity contribution is 0.661. The molecule has 0 aromatic carbocycles. The molecule has 0 bridgehead atoms. The van der Waals surface area contributed by atoms with Crippen molar-refractivity contribution in [2.45, 2.75) is 6.42 Å². The van der Waals surface area contributed by atoms with E-state index >= 15 is 0 Å². The monoisotopic (exact) mass is 130 g/mol. The summed E-state index contributed by atoms with van der Waals surface area (Å²) in [6, 6.07) is 0.